The van der Waals surface area contributed by atoms with Crippen LogP contribution in [0, 0.1) is 11.3 Å². The molecule has 3 aliphatic rings. The Morgan fingerprint density at radius 3 is 2.23 bits per heavy atom. The number of amides is 1. The number of methoxy groups -OCH3 is 1. The number of rotatable bonds is 9. The minimum absolute atomic E-state index is 0.0316. The highest BCUT2D eigenvalue weighted by molar-refractivity contribution is 5.81. The van der Waals surface area contributed by atoms with Gasteiger partial charge in [0.1, 0.15) is 17.7 Å². The molecular formula is C33H35F6N3O5. The number of carbonyl (C=O) groups excluding carboxylic acids is 1. The Morgan fingerprint density at radius 1 is 1.06 bits per heavy atom. The van der Waals surface area contributed by atoms with E-state index in [1.165, 1.54) is 18.9 Å². The van der Waals surface area contributed by atoms with Gasteiger partial charge in [-0.3, -0.25) is 9.69 Å². The molecule has 2 aromatic rings. The van der Waals surface area contributed by atoms with Gasteiger partial charge < -0.3 is 19.5 Å². The minimum atomic E-state index is -5.06. The van der Waals surface area contributed by atoms with Crippen LogP contribution in [0.25, 0.3) is 5.57 Å². The number of carboxylic acid groups (broad SMARTS) is 1. The van der Waals surface area contributed by atoms with Gasteiger partial charge in [-0.1, -0.05) is 6.08 Å². The number of aliphatic carboxylic acids is 1. The van der Waals surface area contributed by atoms with Gasteiger partial charge in [0.25, 0.3) is 0 Å². The van der Waals surface area contributed by atoms with E-state index in [-0.39, 0.29) is 18.5 Å². The number of nitrogens with zero attached hydrogens (tertiary/aromatic N) is 3. The van der Waals surface area contributed by atoms with Gasteiger partial charge in [-0.25, -0.2) is 9.78 Å². The van der Waals surface area contributed by atoms with E-state index >= 15 is 0 Å². The fourth-order valence-corrected chi connectivity index (χ4v) is 6.10. The highest BCUT2D eigenvalue weighted by Gasteiger charge is 2.44. The van der Waals surface area contributed by atoms with Crippen molar-refractivity contribution in [1.29, 1.82) is 0 Å². The van der Waals surface area contributed by atoms with E-state index in [1.54, 1.807) is 13.8 Å². The molecule has 0 bridgehead atoms. The average molecular weight is 668 g/mol. The second-order valence-corrected chi connectivity index (χ2v) is 12.8. The first-order valence-corrected chi connectivity index (χ1v) is 15.1. The zero-order valence-electron chi connectivity index (χ0n) is 26.2. The van der Waals surface area contributed by atoms with Crippen molar-refractivity contribution in [2.75, 3.05) is 25.1 Å². The first-order chi connectivity index (χ1) is 21.9. The number of halogens is 6. The summed E-state index contributed by atoms with van der Waals surface area (Å²) >= 11 is 0. The largest absolute Gasteiger partial charge is 0.496 e. The smallest absolute Gasteiger partial charge is 0.416 e. The average Bonchev–Trinajstić information content (AvgIpc) is 3.23. The van der Waals surface area contributed by atoms with Gasteiger partial charge in [0.05, 0.1) is 41.9 Å². The zero-order chi connectivity index (χ0) is 34.5. The molecule has 1 aliphatic carbocycles. The molecule has 47 heavy (non-hydrogen) atoms. The van der Waals surface area contributed by atoms with Crippen molar-refractivity contribution in [1.82, 2.24) is 9.88 Å². The summed E-state index contributed by atoms with van der Waals surface area (Å²) < 4.78 is 92.6. The Hall–Kier alpha value is -4.23. The molecule has 3 atom stereocenters. The number of alkyl halides is 6. The van der Waals surface area contributed by atoms with Crippen LogP contribution in [0.15, 0.2) is 48.2 Å². The van der Waals surface area contributed by atoms with Crippen LogP contribution in [0.2, 0.25) is 0 Å². The van der Waals surface area contributed by atoms with Crippen molar-refractivity contribution in [3.63, 3.8) is 0 Å². The van der Waals surface area contributed by atoms with Crippen molar-refractivity contribution >= 4 is 23.5 Å². The molecule has 3 heterocycles. The highest BCUT2D eigenvalue weighted by Crippen LogP contribution is 2.43. The van der Waals surface area contributed by atoms with E-state index in [1.807, 2.05) is 29.2 Å². The van der Waals surface area contributed by atoms with Crippen LogP contribution in [0.3, 0.4) is 0 Å². The van der Waals surface area contributed by atoms with E-state index in [0.717, 1.165) is 19.5 Å². The number of cyclic esters (lactones) is 1. The molecule has 14 heteroatoms. The lowest BCUT2D eigenvalue weighted by molar-refractivity contribution is -0.148. The summed E-state index contributed by atoms with van der Waals surface area (Å²) in [6.07, 6.45) is -6.84. The summed E-state index contributed by atoms with van der Waals surface area (Å²) in [5.41, 5.74) is -2.81. The maximum atomic E-state index is 13.6. The molecule has 8 nitrogen and oxygen atoms in total. The van der Waals surface area contributed by atoms with Gasteiger partial charge in [0, 0.05) is 24.2 Å². The Kier molecular flexibility index (Phi) is 9.01. The molecule has 0 spiro atoms. The van der Waals surface area contributed by atoms with Crippen molar-refractivity contribution < 1.29 is 50.5 Å². The number of benzene rings is 1. The van der Waals surface area contributed by atoms with Gasteiger partial charge >= 0.3 is 24.4 Å². The van der Waals surface area contributed by atoms with Crippen LogP contribution in [-0.2, 0) is 33.2 Å². The fourth-order valence-electron chi connectivity index (χ4n) is 6.10. The maximum absolute atomic E-state index is 13.6. The number of pyridine rings is 1. The maximum Gasteiger partial charge on any atom is 0.416 e. The number of aromatic nitrogens is 1. The molecule has 0 radical (unpaired) electrons. The van der Waals surface area contributed by atoms with Gasteiger partial charge in [-0.05, 0) is 87.9 Å². The number of hydrogen-bond donors (Lipinski definition) is 1. The first kappa shape index (κ1) is 34.1. The van der Waals surface area contributed by atoms with Crippen LogP contribution in [0.4, 0.5) is 37.0 Å². The molecule has 2 saturated heterocycles. The molecule has 0 saturated carbocycles. The standard InChI is InChI=1S/C33H35F6N3O5/c1-18-28(20-13-21(32(34,35)36)15-22(14-20)33(37,38)39)47-30(45)42(18)17-25-23(7-9-27(40-25)41-10-5-11-41)24-12-19(6-8-26(24)46-4)16-31(2,3)29(43)44/h7-9,12-15,18-19,28H,5-6,10-11,16-17H2,1-4H3,(H,43,44)/t18-,19?,28-/m0/s1. The number of allylic oxidation sites excluding steroid dienone is 3. The third-order valence-corrected chi connectivity index (χ3v) is 8.93. The summed E-state index contributed by atoms with van der Waals surface area (Å²) in [5.74, 6) is 0.0613. The van der Waals surface area contributed by atoms with Crippen molar-refractivity contribution in [2.45, 2.75) is 71.1 Å². The van der Waals surface area contributed by atoms with Crippen molar-refractivity contribution in [3.8, 4) is 0 Å². The summed E-state index contributed by atoms with van der Waals surface area (Å²) in [7, 11) is 1.50. The zero-order valence-corrected chi connectivity index (χ0v) is 26.2. The number of ether oxygens (including phenoxy) is 2. The van der Waals surface area contributed by atoms with E-state index in [2.05, 4.69) is 0 Å². The third-order valence-electron chi connectivity index (χ3n) is 8.93. The highest BCUT2D eigenvalue weighted by atomic mass is 19.4. The number of anilines is 1. The lowest BCUT2D eigenvalue weighted by Crippen LogP contribution is -2.38. The van der Waals surface area contributed by atoms with Gasteiger partial charge in [-0.15, -0.1) is 0 Å². The lowest BCUT2D eigenvalue weighted by atomic mass is 9.78. The molecule has 1 aromatic carbocycles. The van der Waals surface area contributed by atoms with Gasteiger partial charge in [0.2, 0.25) is 0 Å². The van der Waals surface area contributed by atoms with Crippen LogP contribution in [0.1, 0.15) is 74.1 Å². The van der Waals surface area contributed by atoms with Gasteiger partial charge in [0.15, 0.2) is 0 Å². The summed E-state index contributed by atoms with van der Waals surface area (Å²) in [5, 5.41) is 9.69. The molecular weight excluding hydrogens is 632 g/mol. The number of carbonyl (C=O) groups is 2. The third kappa shape index (κ3) is 7.05. The molecule has 254 valence electrons. The second-order valence-electron chi connectivity index (χ2n) is 12.8. The van der Waals surface area contributed by atoms with Crippen LogP contribution in [-0.4, -0.2) is 53.3 Å². The predicted octanol–water partition coefficient (Wildman–Crippen LogP) is 7.85. The molecule has 1 amide bonds. The fraction of sp³-hybridized carbons (Fsp3) is 0.485. The Balaban J connectivity index is 1.52. The molecule has 1 aromatic heterocycles. The number of carboxylic acids is 1. The monoisotopic (exact) mass is 667 g/mol. The SMILES string of the molecule is COC1=CCC(CC(C)(C)C(=O)O)C=C1c1ccc(N2CCC2)nc1CN1C(=O)O[C@H](c2cc(C(F)(F)F)cc(C(F)(F)F)c2)[C@@H]1C. The summed E-state index contributed by atoms with van der Waals surface area (Å²) in [4.78, 5) is 33.2. The van der Waals surface area contributed by atoms with E-state index in [9.17, 15) is 41.0 Å². The lowest BCUT2D eigenvalue weighted by Gasteiger charge is -2.33. The van der Waals surface area contributed by atoms with E-state index in [0.29, 0.717) is 53.4 Å². The Bertz CT molecular complexity index is 1580. The number of hydrogen-bond acceptors (Lipinski definition) is 6. The van der Waals surface area contributed by atoms with E-state index in [4.69, 9.17) is 14.5 Å². The molecule has 5 rings (SSSR count). The Morgan fingerprint density at radius 2 is 1.70 bits per heavy atom. The minimum Gasteiger partial charge on any atom is -0.496 e. The van der Waals surface area contributed by atoms with Crippen molar-refractivity contribution in [3.05, 3.63) is 76.2 Å². The second kappa shape index (κ2) is 12.4. The van der Waals surface area contributed by atoms with Crippen molar-refractivity contribution in [2.24, 2.45) is 11.3 Å². The molecule has 1 N–H and O–H groups in total. The normalized spacial score (nSPS) is 22.0. The predicted molar refractivity (Wildman–Crippen MR) is 159 cm³/mol. The topological polar surface area (TPSA) is 92.2 Å². The Labute approximate surface area is 267 Å². The van der Waals surface area contributed by atoms with Crippen LogP contribution >= 0.6 is 0 Å². The van der Waals surface area contributed by atoms with E-state index < -0.39 is 58.7 Å². The van der Waals surface area contributed by atoms with Crippen LogP contribution in [0.5, 0.6) is 0 Å². The first-order valence-electron chi connectivity index (χ1n) is 15.1. The van der Waals surface area contributed by atoms with Gasteiger partial charge in [-0.2, -0.15) is 26.3 Å². The quantitative estimate of drug-likeness (QED) is 0.273. The van der Waals surface area contributed by atoms with Crippen LogP contribution < -0.4 is 4.90 Å². The molecule has 2 fully saturated rings. The summed E-state index contributed by atoms with van der Waals surface area (Å²) in [6, 6.07) is 3.86. The molecule has 2 aliphatic heterocycles. The summed E-state index contributed by atoms with van der Waals surface area (Å²) in [6.45, 7) is 6.15. The molecule has 1 unspecified atom stereocenters.